The molecule has 92 valence electrons. The summed E-state index contributed by atoms with van der Waals surface area (Å²) >= 11 is 1.30. The number of rotatable bonds is 6. The van der Waals surface area contributed by atoms with E-state index in [4.69, 9.17) is 5.11 Å². The summed E-state index contributed by atoms with van der Waals surface area (Å²) in [6.07, 6.45) is 1.73. The predicted molar refractivity (Wildman–Crippen MR) is 65.2 cm³/mol. The fourth-order valence-electron chi connectivity index (χ4n) is 1.34. The molecule has 0 bridgehead atoms. The molecule has 0 fully saturated rings. The van der Waals surface area contributed by atoms with Crippen molar-refractivity contribution in [3.63, 3.8) is 0 Å². The lowest BCUT2D eigenvalue weighted by atomic mass is 10.2. The molecule has 0 aromatic carbocycles. The van der Waals surface area contributed by atoms with Crippen LogP contribution in [0.2, 0.25) is 0 Å². The predicted octanol–water partition coefficient (Wildman–Crippen LogP) is 1.52. The van der Waals surface area contributed by atoms with Crippen molar-refractivity contribution in [1.82, 2.24) is 4.98 Å². The maximum absolute atomic E-state index is 11.4. The zero-order chi connectivity index (χ0) is 12.2. The molecule has 0 aliphatic rings. The largest absolute Gasteiger partial charge is 0.391 e. The fourth-order valence-corrected chi connectivity index (χ4v) is 3.53. The molecular formula is C10H17NO3S2. The van der Waals surface area contributed by atoms with E-state index < -0.39 is 9.84 Å². The van der Waals surface area contributed by atoms with Crippen molar-refractivity contribution in [2.24, 2.45) is 0 Å². The zero-order valence-electron chi connectivity index (χ0n) is 9.56. The minimum absolute atomic E-state index is 0.00905. The van der Waals surface area contributed by atoms with Gasteiger partial charge in [0, 0.05) is 5.75 Å². The van der Waals surface area contributed by atoms with Gasteiger partial charge in [0.2, 0.25) is 0 Å². The Labute approximate surface area is 100 Å². The van der Waals surface area contributed by atoms with Crippen molar-refractivity contribution in [3.8, 4) is 0 Å². The normalized spacial score (nSPS) is 11.9. The van der Waals surface area contributed by atoms with Crippen LogP contribution < -0.4 is 0 Å². The Bertz CT molecular complexity index is 437. The van der Waals surface area contributed by atoms with Gasteiger partial charge in [0.25, 0.3) is 0 Å². The number of aliphatic hydroxyl groups excluding tert-OH is 1. The summed E-state index contributed by atoms with van der Waals surface area (Å²) in [4.78, 5) is 5.08. The molecule has 0 aliphatic heterocycles. The minimum atomic E-state index is -3.03. The summed E-state index contributed by atoms with van der Waals surface area (Å²) in [5.41, 5.74) is 0.844. The van der Waals surface area contributed by atoms with Crippen LogP contribution in [0, 0.1) is 0 Å². The van der Waals surface area contributed by atoms with Gasteiger partial charge in [0.1, 0.15) is 10.8 Å². The third-order valence-corrected chi connectivity index (χ3v) is 5.09. The molecule has 1 aromatic rings. The Morgan fingerprint density at radius 1 is 1.38 bits per heavy atom. The molecule has 4 nitrogen and oxygen atoms in total. The first kappa shape index (κ1) is 13.6. The van der Waals surface area contributed by atoms with Gasteiger partial charge in [-0.2, -0.15) is 0 Å². The van der Waals surface area contributed by atoms with Crippen molar-refractivity contribution in [2.75, 3.05) is 5.75 Å². The van der Waals surface area contributed by atoms with Gasteiger partial charge in [-0.05, 0) is 6.42 Å². The lowest BCUT2D eigenvalue weighted by Crippen LogP contribution is -2.06. The number of aromatic nitrogens is 1. The van der Waals surface area contributed by atoms with Crippen LogP contribution in [0.15, 0.2) is 0 Å². The average Bonchev–Trinajstić information content (AvgIpc) is 2.60. The van der Waals surface area contributed by atoms with Crippen molar-refractivity contribution >= 4 is 21.2 Å². The Morgan fingerprint density at radius 2 is 2.06 bits per heavy atom. The van der Waals surface area contributed by atoms with Crippen LogP contribution in [0.1, 0.15) is 35.8 Å². The van der Waals surface area contributed by atoms with Gasteiger partial charge in [-0.1, -0.05) is 20.3 Å². The summed E-state index contributed by atoms with van der Waals surface area (Å²) in [6, 6.07) is 0. The summed E-state index contributed by atoms with van der Waals surface area (Å²) < 4.78 is 22.9. The van der Waals surface area contributed by atoms with Crippen LogP contribution >= 0.6 is 11.3 Å². The van der Waals surface area contributed by atoms with E-state index in [2.05, 4.69) is 4.98 Å². The molecule has 0 unspecified atom stereocenters. The third-order valence-electron chi connectivity index (χ3n) is 2.24. The minimum Gasteiger partial charge on any atom is -0.391 e. The molecule has 6 heteroatoms. The maximum atomic E-state index is 11.4. The first-order valence-corrected chi connectivity index (χ1v) is 7.95. The molecule has 1 aromatic heterocycles. The molecule has 0 radical (unpaired) electrons. The van der Waals surface area contributed by atoms with E-state index in [0.29, 0.717) is 5.01 Å². The molecule has 0 aliphatic carbocycles. The van der Waals surface area contributed by atoms with Crippen LogP contribution in [0.4, 0.5) is 0 Å². The van der Waals surface area contributed by atoms with Crippen LogP contribution in [-0.4, -0.2) is 24.3 Å². The Morgan fingerprint density at radius 3 is 2.56 bits per heavy atom. The summed E-state index contributed by atoms with van der Waals surface area (Å²) in [5, 5.41) is 9.73. The van der Waals surface area contributed by atoms with E-state index in [-0.39, 0.29) is 18.1 Å². The second-order valence-electron chi connectivity index (χ2n) is 3.56. The summed E-state index contributed by atoms with van der Waals surface area (Å²) in [7, 11) is -3.03. The standard InChI is InChI=1S/C10H17NO3S2/c1-3-5-8-9(6-12)15-10(11-8)7-16(13,14)4-2/h12H,3-7H2,1-2H3. The average molecular weight is 263 g/mol. The second kappa shape index (κ2) is 5.75. The van der Waals surface area contributed by atoms with Gasteiger partial charge >= 0.3 is 0 Å². The molecule has 0 atom stereocenters. The maximum Gasteiger partial charge on any atom is 0.156 e. The van der Waals surface area contributed by atoms with Gasteiger partial charge in [0.15, 0.2) is 9.84 Å². The van der Waals surface area contributed by atoms with E-state index in [1.807, 2.05) is 6.92 Å². The quantitative estimate of drug-likeness (QED) is 0.845. The lowest BCUT2D eigenvalue weighted by molar-refractivity contribution is 0.284. The molecule has 0 amide bonds. The van der Waals surface area contributed by atoms with Crippen molar-refractivity contribution in [3.05, 3.63) is 15.6 Å². The highest BCUT2D eigenvalue weighted by molar-refractivity contribution is 7.90. The van der Waals surface area contributed by atoms with Crippen molar-refractivity contribution in [2.45, 2.75) is 39.0 Å². The topological polar surface area (TPSA) is 67.3 Å². The number of hydrogen-bond acceptors (Lipinski definition) is 5. The lowest BCUT2D eigenvalue weighted by Gasteiger charge is -1.96. The molecule has 1 rings (SSSR count). The first-order chi connectivity index (χ1) is 7.52. The Balaban J connectivity index is 2.90. The Hall–Kier alpha value is -0.460. The van der Waals surface area contributed by atoms with E-state index in [9.17, 15) is 8.42 Å². The van der Waals surface area contributed by atoms with Crippen LogP contribution in [0.3, 0.4) is 0 Å². The molecule has 0 saturated carbocycles. The van der Waals surface area contributed by atoms with Crippen LogP contribution in [0.5, 0.6) is 0 Å². The van der Waals surface area contributed by atoms with Gasteiger partial charge in [-0.3, -0.25) is 0 Å². The number of sulfone groups is 1. The molecule has 1 heterocycles. The third kappa shape index (κ3) is 3.54. The van der Waals surface area contributed by atoms with Crippen molar-refractivity contribution < 1.29 is 13.5 Å². The van der Waals surface area contributed by atoms with Crippen LogP contribution in [-0.2, 0) is 28.6 Å². The zero-order valence-corrected chi connectivity index (χ0v) is 11.2. The monoisotopic (exact) mass is 263 g/mol. The van der Waals surface area contributed by atoms with Gasteiger partial charge in [-0.15, -0.1) is 11.3 Å². The summed E-state index contributed by atoms with van der Waals surface area (Å²) in [6.45, 7) is 3.60. The number of aryl methyl sites for hydroxylation is 1. The molecule has 0 saturated heterocycles. The highest BCUT2D eigenvalue weighted by Gasteiger charge is 2.15. The highest BCUT2D eigenvalue weighted by atomic mass is 32.2. The SMILES string of the molecule is CCCc1nc(CS(=O)(=O)CC)sc1CO. The number of aliphatic hydroxyl groups is 1. The van der Waals surface area contributed by atoms with Gasteiger partial charge in [-0.25, -0.2) is 13.4 Å². The number of nitrogens with zero attached hydrogens (tertiary/aromatic N) is 1. The van der Waals surface area contributed by atoms with Gasteiger partial charge in [0.05, 0.1) is 17.2 Å². The van der Waals surface area contributed by atoms with Crippen molar-refractivity contribution in [1.29, 1.82) is 0 Å². The number of thiazole rings is 1. The number of hydrogen-bond donors (Lipinski definition) is 1. The Kier molecular flexibility index (Phi) is 4.89. The van der Waals surface area contributed by atoms with E-state index in [1.165, 1.54) is 11.3 Å². The van der Waals surface area contributed by atoms with E-state index in [1.54, 1.807) is 6.92 Å². The molecule has 1 N–H and O–H groups in total. The molecule has 0 spiro atoms. The molecular weight excluding hydrogens is 246 g/mol. The molecule has 16 heavy (non-hydrogen) atoms. The summed E-state index contributed by atoms with van der Waals surface area (Å²) in [5.74, 6) is 0.120. The van der Waals surface area contributed by atoms with E-state index >= 15 is 0 Å². The second-order valence-corrected chi connectivity index (χ2v) is 7.08. The highest BCUT2D eigenvalue weighted by Crippen LogP contribution is 2.22. The fraction of sp³-hybridized carbons (Fsp3) is 0.700. The van der Waals surface area contributed by atoms with Gasteiger partial charge < -0.3 is 5.11 Å². The smallest absolute Gasteiger partial charge is 0.156 e. The van der Waals surface area contributed by atoms with Crippen LogP contribution in [0.25, 0.3) is 0 Å². The first-order valence-electron chi connectivity index (χ1n) is 5.31. The van der Waals surface area contributed by atoms with E-state index in [0.717, 1.165) is 23.4 Å².